The molecule has 6 atom stereocenters. The van der Waals surface area contributed by atoms with Gasteiger partial charge in [-0.15, -0.1) is 0 Å². The van der Waals surface area contributed by atoms with Crippen molar-refractivity contribution in [2.24, 2.45) is 98.0 Å². The van der Waals surface area contributed by atoms with Crippen molar-refractivity contribution in [3.63, 3.8) is 0 Å². The maximum absolute atomic E-state index is 13.3. The molecule has 0 saturated heterocycles. The van der Waals surface area contributed by atoms with Gasteiger partial charge in [-0.25, -0.2) is 0 Å². The Hall–Kier alpha value is -7.44. The minimum atomic E-state index is -0.898. The number of hydrogen-bond donors (Lipinski definition) is 24. The summed E-state index contributed by atoms with van der Waals surface area (Å²) in [5.41, 5.74) is 74.9. The minimum absolute atomic E-state index is 0. The number of amides is 5. The van der Waals surface area contributed by atoms with Crippen molar-refractivity contribution in [1.29, 1.82) is 0 Å². The van der Waals surface area contributed by atoms with Crippen molar-refractivity contribution in [3.8, 4) is 0 Å². The lowest BCUT2D eigenvalue weighted by Gasteiger charge is -2.24. The molecule has 31 nitrogen and oxygen atoms in total. The number of Topliss-reactive ketones (excluding diaryl/α,β-unsaturated/α-hetero) is 1. The van der Waals surface area contributed by atoms with Crippen molar-refractivity contribution in [2.45, 2.75) is 190 Å². The molecule has 0 bridgehead atoms. The first-order valence-corrected chi connectivity index (χ1v) is 26.6. The van der Waals surface area contributed by atoms with Gasteiger partial charge in [0.05, 0.1) is 44.8 Å². The summed E-state index contributed by atoms with van der Waals surface area (Å²) in [6.07, 6.45) is 7.28. The number of hydrogen-bond acceptors (Lipinski definition) is 8. The molecule has 5 amide bonds. The van der Waals surface area contributed by atoms with Crippen LogP contribution in [0.2, 0.25) is 0 Å². The number of carbonyl (C=O) groups is 6. The molecule has 81 heavy (non-hydrogen) atoms. The molecule has 0 radical (unpaired) electrons. The van der Waals surface area contributed by atoms with E-state index in [1.807, 2.05) is 27.7 Å². The molecule has 0 unspecified atom stereocenters. The predicted molar refractivity (Wildman–Crippen MR) is 324 cm³/mol. The minimum Gasteiger partial charge on any atom is -0.454 e. The van der Waals surface area contributed by atoms with Gasteiger partial charge in [-0.05, 0) is 95.9 Å². The molecule has 0 aliphatic rings. The van der Waals surface area contributed by atoms with Gasteiger partial charge in [0.15, 0.2) is 5.78 Å². The van der Waals surface area contributed by atoms with Crippen molar-refractivity contribution >= 4 is 71.1 Å². The van der Waals surface area contributed by atoms with E-state index in [9.17, 15) is 28.8 Å². The fraction of sp³-hybridized carbons (Fsp3) is 0.760. The Labute approximate surface area is 482 Å². The number of guanidine groups is 6. The van der Waals surface area contributed by atoms with E-state index in [1.54, 1.807) is 0 Å². The van der Waals surface area contributed by atoms with Crippen LogP contribution < -0.4 is 132 Å². The Kier molecular flexibility index (Phi) is 53.2. The largest absolute Gasteiger partial charge is 0.454 e. The Balaban J connectivity index is -0.000000278. The fourth-order valence-electron chi connectivity index (χ4n) is 7.54. The quantitative estimate of drug-likeness (QED) is 0.0154. The highest BCUT2D eigenvalue weighted by molar-refractivity contribution is 5.92. The Morgan fingerprint density at radius 2 is 0.704 bits per heavy atom. The van der Waals surface area contributed by atoms with Crippen LogP contribution in [0.5, 0.6) is 0 Å². The van der Waals surface area contributed by atoms with Crippen LogP contribution in [0.15, 0.2) is 0 Å². The van der Waals surface area contributed by atoms with Gasteiger partial charge in [0, 0.05) is 36.3 Å². The van der Waals surface area contributed by atoms with Gasteiger partial charge in [-0.3, -0.25) is 111 Å². The molecule has 0 aliphatic carbocycles. The molecule has 0 fully saturated rings. The van der Waals surface area contributed by atoms with Gasteiger partial charge in [0.1, 0.15) is 12.1 Å². The smallest absolute Gasteiger partial charge is 0.338 e. The second kappa shape index (κ2) is 50.8. The maximum atomic E-state index is 13.3. The molecule has 38 N–H and O–H groups in total. The maximum Gasteiger partial charge on any atom is 0.338 e. The SMILES string of the molecule is C.C.C.CC(C)C[C@@H](CCC[NH+]=C(N)N)C(=O)N[C@@H](CCC[NH+]=C(N)N)C(N)=O.CC(C)N[C@@H](CCCNC(=[N-])N)C(N)=O.CC(C)N[C@@H](CCC[NH+]=C(N)N)C(=O)C[C@@H](CCC[NH+]=C(N)N)C(=O)N[C@@H](CCC[NH+]=C(N)N)C(N)=O. The molecule has 0 aromatic carbocycles. The topological polar surface area (TPSA) is 619 Å². The number of rotatable bonds is 40. The van der Waals surface area contributed by atoms with E-state index in [0.717, 1.165) is 12.8 Å². The van der Waals surface area contributed by atoms with E-state index in [4.69, 9.17) is 85.7 Å². The van der Waals surface area contributed by atoms with Gasteiger partial charge in [0.2, 0.25) is 29.5 Å². The first kappa shape index (κ1) is 84.9. The lowest BCUT2D eigenvalue weighted by Crippen LogP contribution is -2.78. The molecule has 0 spiro atoms. The van der Waals surface area contributed by atoms with E-state index in [0.29, 0.717) is 109 Å². The summed E-state index contributed by atoms with van der Waals surface area (Å²) in [5.74, 6) is -2.58. The zero-order valence-corrected chi connectivity index (χ0v) is 47.3. The molecular weight excluding hydrogens is 1050 g/mol. The third-order valence-electron chi connectivity index (χ3n) is 11.2. The van der Waals surface area contributed by atoms with E-state index in [-0.39, 0.29) is 113 Å². The van der Waals surface area contributed by atoms with Crippen LogP contribution in [0.25, 0.3) is 5.41 Å². The zero-order valence-electron chi connectivity index (χ0n) is 47.3. The van der Waals surface area contributed by atoms with Gasteiger partial charge < -0.3 is 54.9 Å². The van der Waals surface area contributed by atoms with Crippen molar-refractivity contribution < 1.29 is 53.7 Å². The van der Waals surface area contributed by atoms with Gasteiger partial charge in [-0.2, -0.15) is 0 Å². The molecular formula is C50H117N25O6+4. The Bertz CT molecular complexity index is 1910. The second-order valence-electron chi connectivity index (χ2n) is 19.8. The third kappa shape index (κ3) is 53.0. The lowest BCUT2D eigenvalue weighted by atomic mass is 9.91. The second-order valence-corrected chi connectivity index (χ2v) is 19.8. The average Bonchev–Trinajstić information content (AvgIpc) is 3.31. The predicted octanol–water partition coefficient (Wildman–Crippen LogP) is -12.8. The Morgan fingerprint density at radius 3 is 1.01 bits per heavy atom. The fourth-order valence-corrected chi connectivity index (χ4v) is 7.54. The summed E-state index contributed by atoms with van der Waals surface area (Å²) in [6, 6.07) is -2.13. The van der Waals surface area contributed by atoms with E-state index >= 15 is 0 Å². The summed E-state index contributed by atoms with van der Waals surface area (Å²) in [6.45, 7) is 14.9. The number of carbonyl (C=O) groups excluding carboxylic acids is 6. The van der Waals surface area contributed by atoms with Crippen LogP contribution in [0.1, 0.15) is 154 Å². The molecule has 474 valence electrons. The molecule has 0 saturated carbocycles. The van der Waals surface area contributed by atoms with Crippen LogP contribution in [0, 0.1) is 17.8 Å². The van der Waals surface area contributed by atoms with E-state index < -0.39 is 41.8 Å². The molecule has 0 rings (SSSR count). The van der Waals surface area contributed by atoms with Crippen LogP contribution in [0.3, 0.4) is 0 Å². The number of nitrogens with one attached hydrogen (secondary N) is 10. The summed E-state index contributed by atoms with van der Waals surface area (Å²) < 4.78 is 0. The molecule has 0 aromatic heterocycles. The van der Waals surface area contributed by atoms with E-state index in [2.05, 4.69) is 65.4 Å². The highest BCUT2D eigenvalue weighted by atomic mass is 16.2. The van der Waals surface area contributed by atoms with Crippen molar-refractivity contribution in [3.05, 3.63) is 5.41 Å². The van der Waals surface area contributed by atoms with Gasteiger partial charge >= 0.3 is 29.8 Å². The highest BCUT2D eigenvalue weighted by Crippen LogP contribution is 2.18. The third-order valence-corrected chi connectivity index (χ3v) is 11.2. The first-order valence-electron chi connectivity index (χ1n) is 26.6. The monoisotopic (exact) mass is 1160 g/mol. The highest BCUT2D eigenvalue weighted by Gasteiger charge is 2.30. The van der Waals surface area contributed by atoms with Crippen molar-refractivity contribution in [1.82, 2.24) is 26.6 Å². The average molecular weight is 1160 g/mol. The van der Waals surface area contributed by atoms with Crippen LogP contribution >= 0.6 is 0 Å². The summed E-state index contributed by atoms with van der Waals surface area (Å²) in [4.78, 5) is 87.6. The first-order chi connectivity index (χ1) is 36.4. The lowest BCUT2D eigenvalue weighted by molar-refractivity contribution is -0.460. The summed E-state index contributed by atoms with van der Waals surface area (Å²) >= 11 is 0. The summed E-state index contributed by atoms with van der Waals surface area (Å²) in [7, 11) is 0. The van der Waals surface area contributed by atoms with Gasteiger partial charge in [-0.1, -0.05) is 63.8 Å². The normalized spacial score (nSPS) is 12.5. The van der Waals surface area contributed by atoms with Crippen LogP contribution in [-0.2, 0) is 28.8 Å². The number of nitrogens with two attached hydrogens (primary N) is 14. The molecule has 0 heterocycles. The van der Waals surface area contributed by atoms with Crippen LogP contribution in [-0.4, -0.2) is 147 Å². The molecule has 31 heteroatoms. The zero-order chi connectivity index (χ0) is 60.3. The van der Waals surface area contributed by atoms with Gasteiger partial charge in [0.25, 0.3) is 0 Å². The van der Waals surface area contributed by atoms with Crippen LogP contribution in [0.4, 0.5) is 0 Å². The molecule has 0 aromatic rings. The number of nitrogens with zero attached hydrogens (tertiary/aromatic N) is 1. The van der Waals surface area contributed by atoms with Crippen molar-refractivity contribution in [2.75, 3.05) is 39.3 Å². The molecule has 0 aliphatic heterocycles. The summed E-state index contributed by atoms with van der Waals surface area (Å²) in [5, 5.41) is 23.0. The standard InChI is InChI=1S/C22H46N12O3.C16H34N8O2.C9H20N5O.3CH4/c1-13(2)33-15(7-4-10-31-21(26)27)17(35)12-14(6-3-9-30-20(24)25)19(37)34-16(18(23)36)8-5-11-32-22(28)29;1-10(2)9-11(5-3-7-22-15(18)19)14(26)24-12(13(17)25)6-4-8-23-16(20)21;1-6(2)14-7(8(10)15)4-3-5-13-9(11)12;;;/h13-16,33H,3-12H2,1-2H3,(H2,23,36)(H,34,37)(H4,24,25,30)(H4,26,27,31)(H4,28,29,32);10-12H,3-9H2,1-2H3,(H2,17,25)(H,24,26)(H4,18,19,22)(H4,20,21,23);6-7,14H,3-5H2,1-2H3,(H5-,10,11,12,13,15);3*1H4/q;;-1;;;/p+5/t14-,15+,16+;11-,12+;7-;;;/m110.../s1. The number of ketones is 1. The Morgan fingerprint density at radius 1 is 0.407 bits per heavy atom. The number of primary amides is 3. The van der Waals surface area contributed by atoms with E-state index in [1.165, 1.54) is 0 Å².